The van der Waals surface area contributed by atoms with Crippen LogP contribution in [0.15, 0.2) is 30.4 Å². The average Bonchev–Trinajstić information content (AvgIpc) is 3.15. The molecule has 0 saturated heterocycles. The van der Waals surface area contributed by atoms with Crippen LogP contribution in [0.1, 0.15) is 68.9 Å². The molecule has 1 aliphatic heterocycles. The fourth-order valence-corrected chi connectivity index (χ4v) is 4.55. The van der Waals surface area contributed by atoms with Gasteiger partial charge < -0.3 is 20.1 Å². The summed E-state index contributed by atoms with van der Waals surface area (Å²) < 4.78 is 6.20. The highest BCUT2D eigenvalue weighted by Gasteiger charge is 2.48. The number of aryl methyl sites for hydroxylation is 1. The number of hydrogen-bond acceptors (Lipinski definition) is 4. The van der Waals surface area contributed by atoms with Gasteiger partial charge >= 0.3 is 5.97 Å². The lowest BCUT2D eigenvalue weighted by molar-refractivity contribution is -0.137. The van der Waals surface area contributed by atoms with Crippen molar-refractivity contribution < 1.29 is 24.9 Å². The molecule has 3 N–H and O–H groups in total. The maximum atomic E-state index is 10.8. The van der Waals surface area contributed by atoms with Gasteiger partial charge in [-0.25, -0.2) is 0 Å². The largest absolute Gasteiger partial charge is 0.489 e. The first-order valence-corrected chi connectivity index (χ1v) is 10.6. The highest BCUT2D eigenvalue weighted by atomic mass is 16.5. The number of hydrogen-bond donors (Lipinski definition) is 3. The Balaban J connectivity index is 1.70. The first-order valence-electron chi connectivity index (χ1n) is 10.6. The molecule has 0 amide bonds. The van der Waals surface area contributed by atoms with E-state index in [1.54, 1.807) is 0 Å². The lowest BCUT2D eigenvalue weighted by atomic mass is 9.86. The molecule has 5 atom stereocenters. The van der Waals surface area contributed by atoms with E-state index in [9.17, 15) is 15.0 Å². The maximum Gasteiger partial charge on any atom is 0.303 e. The number of fused-ring (bicyclic) bond motifs is 3. The third-order valence-corrected chi connectivity index (χ3v) is 5.98. The molecule has 1 unspecified atom stereocenters. The Morgan fingerprint density at radius 2 is 2.14 bits per heavy atom. The van der Waals surface area contributed by atoms with Crippen molar-refractivity contribution in [3.05, 3.63) is 41.5 Å². The van der Waals surface area contributed by atoms with E-state index in [1.807, 2.05) is 24.3 Å². The second kappa shape index (κ2) is 9.57. The van der Waals surface area contributed by atoms with Crippen LogP contribution in [-0.4, -0.2) is 39.6 Å². The molecular weight excluding hydrogens is 356 g/mol. The number of carboxylic acids is 1. The zero-order valence-corrected chi connectivity index (χ0v) is 16.6. The number of carbonyl (C=O) groups is 1. The van der Waals surface area contributed by atoms with Crippen molar-refractivity contribution in [2.75, 3.05) is 0 Å². The van der Waals surface area contributed by atoms with Crippen LogP contribution in [0.5, 0.6) is 5.75 Å². The number of rotatable bonds is 10. The van der Waals surface area contributed by atoms with Crippen LogP contribution in [0, 0.1) is 5.92 Å². The molecule has 3 rings (SSSR count). The van der Waals surface area contributed by atoms with Gasteiger partial charge in [0.15, 0.2) is 0 Å². The molecule has 5 heteroatoms. The van der Waals surface area contributed by atoms with E-state index in [1.165, 1.54) is 0 Å². The minimum absolute atomic E-state index is 0.0579. The molecular formula is C23H32O5. The minimum atomic E-state index is -0.781. The topological polar surface area (TPSA) is 87.0 Å². The summed E-state index contributed by atoms with van der Waals surface area (Å²) in [6.07, 6.45) is 8.80. The van der Waals surface area contributed by atoms with E-state index in [4.69, 9.17) is 9.84 Å². The summed E-state index contributed by atoms with van der Waals surface area (Å²) in [4.78, 5) is 10.8. The Hall–Kier alpha value is -1.85. The monoisotopic (exact) mass is 388 g/mol. The summed E-state index contributed by atoms with van der Waals surface area (Å²) in [6.45, 7) is 2.14. The zero-order valence-electron chi connectivity index (χ0n) is 16.6. The van der Waals surface area contributed by atoms with Gasteiger partial charge in [0.2, 0.25) is 0 Å². The molecule has 0 aromatic heterocycles. The van der Waals surface area contributed by atoms with E-state index in [2.05, 4.69) is 13.0 Å². The van der Waals surface area contributed by atoms with Gasteiger partial charge in [0.1, 0.15) is 11.9 Å². The van der Waals surface area contributed by atoms with Crippen LogP contribution < -0.4 is 4.74 Å². The van der Waals surface area contributed by atoms with Crippen molar-refractivity contribution in [1.29, 1.82) is 0 Å². The number of aliphatic hydroxyl groups is 2. The van der Waals surface area contributed by atoms with Gasteiger partial charge in [-0.2, -0.15) is 0 Å². The van der Waals surface area contributed by atoms with Gasteiger partial charge in [0.25, 0.3) is 0 Å². The Kier molecular flexibility index (Phi) is 7.13. The number of ether oxygens (including phenoxy) is 1. The van der Waals surface area contributed by atoms with Gasteiger partial charge in [0.05, 0.1) is 12.2 Å². The van der Waals surface area contributed by atoms with E-state index in [0.717, 1.165) is 42.6 Å². The fraction of sp³-hybridized carbons (Fsp3) is 0.609. The predicted molar refractivity (Wildman–Crippen MR) is 108 cm³/mol. The summed E-state index contributed by atoms with van der Waals surface area (Å²) >= 11 is 0. The Bertz CT molecular complexity index is 698. The number of para-hydroxylation sites is 1. The van der Waals surface area contributed by atoms with Crippen molar-refractivity contribution in [3.8, 4) is 5.75 Å². The van der Waals surface area contributed by atoms with Gasteiger partial charge in [0, 0.05) is 30.2 Å². The molecule has 2 aliphatic rings. The van der Waals surface area contributed by atoms with Crippen molar-refractivity contribution in [2.45, 2.75) is 82.5 Å². The van der Waals surface area contributed by atoms with E-state index in [-0.39, 0.29) is 24.4 Å². The second-order valence-corrected chi connectivity index (χ2v) is 8.09. The molecule has 28 heavy (non-hydrogen) atoms. The van der Waals surface area contributed by atoms with Gasteiger partial charge in [-0.3, -0.25) is 4.79 Å². The van der Waals surface area contributed by atoms with Crippen molar-refractivity contribution in [1.82, 2.24) is 0 Å². The summed E-state index contributed by atoms with van der Waals surface area (Å²) in [6, 6.07) is 6.05. The average molecular weight is 389 g/mol. The first-order chi connectivity index (χ1) is 13.5. The fourth-order valence-electron chi connectivity index (χ4n) is 4.55. The molecule has 1 aliphatic carbocycles. The van der Waals surface area contributed by atoms with Crippen molar-refractivity contribution in [3.63, 3.8) is 0 Å². The molecule has 0 radical (unpaired) electrons. The minimum Gasteiger partial charge on any atom is -0.489 e. The third kappa shape index (κ3) is 4.76. The maximum absolute atomic E-state index is 10.8. The van der Waals surface area contributed by atoms with Crippen LogP contribution in [0.25, 0.3) is 0 Å². The van der Waals surface area contributed by atoms with Crippen LogP contribution in [0.3, 0.4) is 0 Å². The molecule has 0 bridgehead atoms. The lowest BCUT2D eigenvalue weighted by Gasteiger charge is -2.18. The van der Waals surface area contributed by atoms with E-state index in [0.29, 0.717) is 19.3 Å². The molecule has 154 valence electrons. The molecule has 1 aromatic rings. The second-order valence-electron chi connectivity index (χ2n) is 8.09. The molecule has 1 aromatic carbocycles. The lowest BCUT2D eigenvalue weighted by Crippen LogP contribution is -2.17. The number of aliphatic carboxylic acids is 1. The van der Waals surface area contributed by atoms with E-state index >= 15 is 0 Å². The number of carboxylic acid groups (broad SMARTS) is 1. The van der Waals surface area contributed by atoms with Crippen molar-refractivity contribution in [2.24, 2.45) is 5.92 Å². The van der Waals surface area contributed by atoms with Gasteiger partial charge in [-0.1, -0.05) is 56.5 Å². The van der Waals surface area contributed by atoms with Gasteiger partial charge in [-0.15, -0.1) is 0 Å². The Morgan fingerprint density at radius 1 is 1.32 bits per heavy atom. The standard InChI is InChI=1S/C23H32O5/c1-2-3-4-9-16(24)12-13-17-19(25)14-20-22(17)18-10-5-7-15(23(18)28-20)8-6-11-21(26)27/h5,7,10,12-13,16-17,19-20,22,24-25H,2-4,6,8-9,11,14H2,1H3,(H,26,27)/b13-12+/t16-,17?,19+,20-,22-/m0/s1. The Morgan fingerprint density at radius 3 is 2.89 bits per heavy atom. The van der Waals surface area contributed by atoms with Crippen molar-refractivity contribution >= 4 is 5.97 Å². The summed E-state index contributed by atoms with van der Waals surface area (Å²) in [5.41, 5.74) is 2.15. The first kappa shape index (κ1) is 20.9. The summed E-state index contributed by atoms with van der Waals surface area (Å²) in [5, 5.41) is 29.6. The van der Waals surface area contributed by atoms with Crippen LogP contribution >= 0.6 is 0 Å². The normalized spacial score (nSPS) is 26.8. The van der Waals surface area contributed by atoms with E-state index < -0.39 is 18.2 Å². The molecule has 1 fully saturated rings. The number of aliphatic hydroxyl groups excluding tert-OH is 2. The van der Waals surface area contributed by atoms with Crippen LogP contribution in [0.4, 0.5) is 0 Å². The molecule has 0 spiro atoms. The number of benzene rings is 1. The quantitative estimate of drug-likeness (QED) is 0.419. The third-order valence-electron chi connectivity index (χ3n) is 5.98. The highest BCUT2D eigenvalue weighted by molar-refractivity contribution is 5.66. The molecule has 1 heterocycles. The highest BCUT2D eigenvalue weighted by Crippen LogP contribution is 2.52. The Labute approximate surface area is 167 Å². The SMILES string of the molecule is CCCCC[C@H](O)/C=C/C1[C@H](O)C[C@@H]2Oc3c(CCCC(=O)O)cccc3[C@H]12. The predicted octanol–water partition coefficient (Wildman–Crippen LogP) is 3.82. The zero-order chi connectivity index (χ0) is 20.1. The smallest absolute Gasteiger partial charge is 0.303 e. The summed E-state index contributed by atoms with van der Waals surface area (Å²) in [7, 11) is 0. The van der Waals surface area contributed by atoms with Crippen LogP contribution in [-0.2, 0) is 11.2 Å². The van der Waals surface area contributed by atoms with Gasteiger partial charge in [-0.05, 0) is 24.8 Å². The molecule has 1 saturated carbocycles. The van der Waals surface area contributed by atoms with Crippen LogP contribution in [0.2, 0.25) is 0 Å². The summed E-state index contributed by atoms with van der Waals surface area (Å²) in [5.74, 6) is 0.109. The molecule has 5 nitrogen and oxygen atoms in total. The number of unbranched alkanes of at least 4 members (excludes halogenated alkanes) is 2.